The van der Waals surface area contributed by atoms with Crippen LogP contribution in [0.15, 0.2) is 23.7 Å². The van der Waals surface area contributed by atoms with Crippen molar-refractivity contribution in [1.29, 1.82) is 0 Å². The Bertz CT molecular complexity index is 754. The maximum absolute atomic E-state index is 12.5. The average molecular weight is 395 g/mol. The van der Waals surface area contributed by atoms with Crippen LogP contribution >= 0.6 is 22.9 Å². The Morgan fingerprint density at radius 1 is 1.35 bits per heavy atom. The van der Waals surface area contributed by atoms with Crippen LogP contribution in [-0.2, 0) is 4.79 Å². The van der Waals surface area contributed by atoms with Gasteiger partial charge in [0.2, 0.25) is 5.91 Å². The van der Waals surface area contributed by atoms with E-state index in [0.29, 0.717) is 23.0 Å². The molecule has 1 N–H and O–H groups in total. The molecule has 1 amide bonds. The molecule has 0 atom stereocenters. The number of benzene rings is 1. The van der Waals surface area contributed by atoms with E-state index < -0.39 is 0 Å². The first kappa shape index (κ1) is 18.9. The second kappa shape index (κ2) is 8.70. The number of methoxy groups -OCH3 is 1. The van der Waals surface area contributed by atoms with Crippen molar-refractivity contribution in [3.8, 4) is 5.75 Å². The molecule has 1 aromatic carbocycles. The zero-order valence-electron chi connectivity index (χ0n) is 15.0. The summed E-state index contributed by atoms with van der Waals surface area (Å²) in [6, 6.07) is 3.57. The third-order valence-corrected chi connectivity index (χ3v) is 5.64. The lowest BCUT2D eigenvalue weighted by Gasteiger charge is -2.21. The molecule has 2 aromatic rings. The number of rotatable bonds is 5. The number of hydrogen-bond donors (Lipinski definition) is 1. The van der Waals surface area contributed by atoms with Gasteiger partial charge in [0.1, 0.15) is 5.75 Å². The third kappa shape index (κ3) is 4.66. The molecule has 1 aliphatic rings. The maximum atomic E-state index is 12.5. The Balaban J connectivity index is 1.58. The fourth-order valence-electron chi connectivity index (χ4n) is 3.02. The number of aryl methyl sites for hydroxylation is 1. The molecule has 26 heavy (non-hydrogen) atoms. The summed E-state index contributed by atoms with van der Waals surface area (Å²) in [5, 5.41) is 6.61. The van der Waals surface area contributed by atoms with Crippen LogP contribution in [0.2, 0.25) is 5.02 Å². The van der Waals surface area contributed by atoms with Gasteiger partial charge in [-0.1, -0.05) is 11.6 Å². The lowest BCUT2D eigenvalue weighted by Crippen LogP contribution is -2.36. The first-order valence-corrected chi connectivity index (χ1v) is 9.83. The van der Waals surface area contributed by atoms with Gasteiger partial charge in [-0.3, -0.25) is 9.69 Å². The number of halogens is 1. The number of nitrogens with one attached hydrogen (secondary N) is 1. The van der Waals surface area contributed by atoms with Crippen LogP contribution in [0.4, 0.5) is 10.8 Å². The van der Waals surface area contributed by atoms with Crippen molar-refractivity contribution in [3.05, 3.63) is 34.3 Å². The van der Waals surface area contributed by atoms with Crippen molar-refractivity contribution in [1.82, 2.24) is 9.88 Å². The van der Waals surface area contributed by atoms with Gasteiger partial charge in [0.15, 0.2) is 5.13 Å². The van der Waals surface area contributed by atoms with E-state index in [1.807, 2.05) is 24.6 Å². The first-order chi connectivity index (χ1) is 12.6. The number of amides is 1. The Hall–Kier alpha value is -1.83. The van der Waals surface area contributed by atoms with Crippen LogP contribution < -0.4 is 15.0 Å². The molecule has 6 nitrogen and oxygen atoms in total. The molecule has 0 bridgehead atoms. The van der Waals surface area contributed by atoms with Crippen molar-refractivity contribution in [2.24, 2.45) is 0 Å². The normalized spacial score (nSPS) is 15.6. The predicted molar refractivity (Wildman–Crippen MR) is 107 cm³/mol. The number of anilines is 2. The summed E-state index contributed by atoms with van der Waals surface area (Å²) in [4.78, 5) is 21.3. The molecule has 8 heteroatoms. The molecule has 0 aliphatic carbocycles. The Labute approximate surface area is 162 Å². The number of carbonyl (C=O) groups excluding carboxylic acids is 1. The van der Waals surface area contributed by atoms with Gasteiger partial charge in [-0.05, 0) is 25.0 Å². The largest absolute Gasteiger partial charge is 0.495 e. The SMILES string of the molecule is COc1cc(Cl)c(C)cc1NC(=O)CN1CCCN(c2nccs2)CC1. The summed E-state index contributed by atoms with van der Waals surface area (Å²) in [7, 11) is 1.57. The first-order valence-electron chi connectivity index (χ1n) is 8.57. The van der Waals surface area contributed by atoms with Crippen molar-refractivity contribution in [3.63, 3.8) is 0 Å². The minimum absolute atomic E-state index is 0.0484. The molecule has 2 heterocycles. The number of hydrogen-bond acceptors (Lipinski definition) is 6. The van der Waals surface area contributed by atoms with Crippen molar-refractivity contribution in [2.75, 3.05) is 50.1 Å². The van der Waals surface area contributed by atoms with Gasteiger partial charge < -0.3 is 15.0 Å². The van der Waals surface area contributed by atoms with E-state index in [1.54, 1.807) is 24.5 Å². The Morgan fingerprint density at radius 3 is 2.92 bits per heavy atom. The predicted octanol–water partition coefficient (Wildman–Crippen LogP) is 3.26. The molecule has 1 aliphatic heterocycles. The number of carbonyl (C=O) groups is 1. The van der Waals surface area contributed by atoms with Crippen molar-refractivity contribution in [2.45, 2.75) is 13.3 Å². The average Bonchev–Trinajstić information content (AvgIpc) is 3.05. The summed E-state index contributed by atoms with van der Waals surface area (Å²) in [6.45, 7) is 5.84. The monoisotopic (exact) mass is 394 g/mol. The zero-order chi connectivity index (χ0) is 18.5. The van der Waals surface area contributed by atoms with Gasteiger partial charge in [0, 0.05) is 48.8 Å². The van der Waals surface area contributed by atoms with Crippen LogP contribution in [0.25, 0.3) is 0 Å². The Morgan fingerprint density at radius 2 is 2.19 bits per heavy atom. The highest BCUT2D eigenvalue weighted by Gasteiger charge is 2.19. The molecular weight excluding hydrogens is 372 g/mol. The highest BCUT2D eigenvalue weighted by molar-refractivity contribution is 7.13. The van der Waals surface area contributed by atoms with Gasteiger partial charge in [-0.15, -0.1) is 11.3 Å². The molecule has 0 saturated carbocycles. The van der Waals surface area contributed by atoms with Crippen LogP contribution in [0.3, 0.4) is 0 Å². The third-order valence-electron chi connectivity index (χ3n) is 4.40. The van der Waals surface area contributed by atoms with Crippen molar-refractivity contribution >= 4 is 39.7 Å². The van der Waals surface area contributed by atoms with Crippen molar-refractivity contribution < 1.29 is 9.53 Å². The summed E-state index contributed by atoms with van der Waals surface area (Å²) in [5.74, 6) is 0.521. The van der Waals surface area contributed by atoms with E-state index in [0.717, 1.165) is 43.3 Å². The van der Waals surface area contributed by atoms with E-state index in [-0.39, 0.29) is 5.91 Å². The minimum Gasteiger partial charge on any atom is -0.495 e. The van der Waals surface area contributed by atoms with Crippen LogP contribution in [0.5, 0.6) is 5.75 Å². The molecule has 140 valence electrons. The summed E-state index contributed by atoms with van der Waals surface area (Å²) in [6.07, 6.45) is 2.84. The smallest absolute Gasteiger partial charge is 0.238 e. The van der Waals surface area contributed by atoms with Gasteiger partial charge in [-0.2, -0.15) is 0 Å². The highest BCUT2D eigenvalue weighted by Crippen LogP contribution is 2.31. The molecule has 0 unspecified atom stereocenters. The minimum atomic E-state index is -0.0484. The standard InChI is InChI=1S/C18H23ClN4O2S/c1-13-10-15(16(25-2)11-14(13)19)21-17(24)12-22-5-3-6-23(8-7-22)18-20-4-9-26-18/h4,9-11H,3,5-8,12H2,1-2H3,(H,21,24). The second-order valence-corrected chi connectivity index (χ2v) is 7.56. The van der Waals surface area contributed by atoms with E-state index in [4.69, 9.17) is 16.3 Å². The lowest BCUT2D eigenvalue weighted by molar-refractivity contribution is -0.117. The van der Waals surface area contributed by atoms with E-state index in [2.05, 4.69) is 20.1 Å². The van der Waals surface area contributed by atoms with Gasteiger partial charge in [-0.25, -0.2) is 4.98 Å². The molecular formula is C18H23ClN4O2S. The van der Waals surface area contributed by atoms with Crippen LogP contribution in [0.1, 0.15) is 12.0 Å². The summed E-state index contributed by atoms with van der Waals surface area (Å²) >= 11 is 7.78. The fourth-order valence-corrected chi connectivity index (χ4v) is 3.87. The zero-order valence-corrected chi connectivity index (χ0v) is 16.6. The molecule has 3 rings (SSSR count). The number of thiazole rings is 1. The van der Waals surface area contributed by atoms with E-state index in [1.165, 1.54) is 0 Å². The molecule has 0 spiro atoms. The molecule has 0 radical (unpaired) electrons. The number of nitrogens with zero attached hydrogens (tertiary/aromatic N) is 3. The maximum Gasteiger partial charge on any atom is 0.238 e. The quantitative estimate of drug-likeness (QED) is 0.843. The van der Waals surface area contributed by atoms with Gasteiger partial charge in [0.05, 0.1) is 19.3 Å². The highest BCUT2D eigenvalue weighted by atomic mass is 35.5. The molecule has 1 fully saturated rings. The lowest BCUT2D eigenvalue weighted by atomic mass is 10.2. The summed E-state index contributed by atoms with van der Waals surface area (Å²) < 4.78 is 5.32. The van der Waals surface area contributed by atoms with E-state index >= 15 is 0 Å². The number of ether oxygens (including phenoxy) is 1. The molecule has 1 saturated heterocycles. The van der Waals surface area contributed by atoms with Crippen LogP contribution in [-0.4, -0.2) is 55.6 Å². The van der Waals surface area contributed by atoms with Gasteiger partial charge in [0.25, 0.3) is 0 Å². The summed E-state index contributed by atoms with van der Waals surface area (Å²) in [5.41, 5.74) is 1.55. The topological polar surface area (TPSA) is 57.7 Å². The van der Waals surface area contributed by atoms with Crippen LogP contribution in [0, 0.1) is 6.92 Å². The Kier molecular flexibility index (Phi) is 6.34. The fraction of sp³-hybridized carbons (Fsp3) is 0.444. The van der Waals surface area contributed by atoms with E-state index in [9.17, 15) is 4.79 Å². The number of aromatic nitrogens is 1. The van der Waals surface area contributed by atoms with Gasteiger partial charge >= 0.3 is 0 Å². The second-order valence-electron chi connectivity index (χ2n) is 6.28. The molecule has 1 aromatic heterocycles.